The fraction of sp³-hybridized carbons (Fsp3) is 0.364. The molecule has 0 saturated carbocycles. The van der Waals surface area contributed by atoms with Crippen LogP contribution in [0.1, 0.15) is 34.3 Å². The maximum absolute atomic E-state index is 13.8. The maximum atomic E-state index is 13.8. The highest BCUT2D eigenvalue weighted by Crippen LogP contribution is 2.17. The molecule has 1 aliphatic rings. The highest BCUT2D eigenvalue weighted by atomic mass is 19.1. The van der Waals surface area contributed by atoms with Gasteiger partial charge >= 0.3 is 0 Å². The first-order valence-electron chi connectivity index (χ1n) is 9.47. The summed E-state index contributed by atoms with van der Waals surface area (Å²) in [5.41, 5.74) is 2.38. The minimum Gasteiger partial charge on any atom is -0.484 e. The van der Waals surface area contributed by atoms with Crippen molar-refractivity contribution >= 4 is 11.8 Å². The summed E-state index contributed by atoms with van der Waals surface area (Å²) in [6.07, 6.45) is 1.27. The second-order valence-electron chi connectivity index (χ2n) is 7.15. The van der Waals surface area contributed by atoms with E-state index in [0.29, 0.717) is 31.7 Å². The van der Waals surface area contributed by atoms with Gasteiger partial charge < -0.3 is 15.0 Å². The van der Waals surface area contributed by atoms with Crippen molar-refractivity contribution in [1.82, 2.24) is 10.2 Å². The van der Waals surface area contributed by atoms with Gasteiger partial charge in [-0.3, -0.25) is 9.59 Å². The zero-order chi connectivity index (χ0) is 20.1. The highest BCUT2D eigenvalue weighted by molar-refractivity contribution is 5.94. The molecule has 148 valence electrons. The number of aryl methyl sites for hydroxylation is 2. The van der Waals surface area contributed by atoms with E-state index >= 15 is 0 Å². The highest BCUT2D eigenvalue weighted by Gasteiger charge is 2.26. The summed E-state index contributed by atoms with van der Waals surface area (Å²) in [4.78, 5) is 26.2. The molecule has 0 atom stereocenters. The Morgan fingerprint density at radius 1 is 1.11 bits per heavy atom. The van der Waals surface area contributed by atoms with Gasteiger partial charge in [0.1, 0.15) is 11.6 Å². The van der Waals surface area contributed by atoms with E-state index < -0.39 is 5.82 Å². The lowest BCUT2D eigenvalue weighted by atomic mass is 10.0. The summed E-state index contributed by atoms with van der Waals surface area (Å²) >= 11 is 0. The lowest BCUT2D eigenvalue weighted by Gasteiger charge is -2.32. The number of carbonyl (C=O) groups is 2. The summed E-state index contributed by atoms with van der Waals surface area (Å²) < 4.78 is 19.4. The number of benzene rings is 2. The molecule has 0 aliphatic carbocycles. The molecule has 6 heteroatoms. The first-order chi connectivity index (χ1) is 13.4. The molecule has 0 bridgehead atoms. The smallest absolute Gasteiger partial charge is 0.258 e. The van der Waals surface area contributed by atoms with Gasteiger partial charge in [-0.15, -0.1) is 0 Å². The predicted molar refractivity (Wildman–Crippen MR) is 105 cm³/mol. The Morgan fingerprint density at radius 3 is 2.50 bits per heavy atom. The summed E-state index contributed by atoms with van der Waals surface area (Å²) in [5.74, 6) is -0.326. The van der Waals surface area contributed by atoms with Crippen LogP contribution in [0.3, 0.4) is 0 Å². The Hall–Kier alpha value is -2.89. The minimum absolute atomic E-state index is 0.0134. The van der Waals surface area contributed by atoms with Crippen LogP contribution >= 0.6 is 0 Å². The lowest BCUT2D eigenvalue weighted by molar-refractivity contribution is -0.124. The van der Waals surface area contributed by atoms with Crippen LogP contribution < -0.4 is 10.1 Å². The van der Waals surface area contributed by atoms with E-state index in [1.54, 1.807) is 17.0 Å². The molecule has 2 amide bonds. The Kier molecular flexibility index (Phi) is 6.29. The van der Waals surface area contributed by atoms with Gasteiger partial charge in [-0.1, -0.05) is 18.2 Å². The zero-order valence-corrected chi connectivity index (χ0v) is 16.2. The molecule has 1 saturated heterocycles. The van der Waals surface area contributed by atoms with E-state index in [-0.39, 0.29) is 30.0 Å². The number of piperidine rings is 1. The van der Waals surface area contributed by atoms with Gasteiger partial charge in [0, 0.05) is 19.1 Å². The fourth-order valence-electron chi connectivity index (χ4n) is 3.25. The number of hydrogen-bond donors (Lipinski definition) is 1. The van der Waals surface area contributed by atoms with E-state index in [0.717, 1.165) is 5.56 Å². The number of halogens is 1. The Balaban J connectivity index is 1.45. The van der Waals surface area contributed by atoms with E-state index in [1.165, 1.54) is 17.7 Å². The van der Waals surface area contributed by atoms with Crippen molar-refractivity contribution < 1.29 is 18.7 Å². The number of ether oxygens (including phenoxy) is 1. The summed E-state index contributed by atoms with van der Waals surface area (Å²) in [7, 11) is 0. The van der Waals surface area contributed by atoms with Gasteiger partial charge in [0.2, 0.25) is 0 Å². The largest absolute Gasteiger partial charge is 0.484 e. The van der Waals surface area contributed by atoms with Crippen molar-refractivity contribution in [3.63, 3.8) is 0 Å². The van der Waals surface area contributed by atoms with Crippen LogP contribution in [-0.2, 0) is 4.79 Å². The van der Waals surface area contributed by atoms with Crippen molar-refractivity contribution in [1.29, 1.82) is 0 Å². The molecule has 1 aliphatic heterocycles. The number of likely N-dealkylation sites (tertiary alicyclic amines) is 1. The fourth-order valence-corrected chi connectivity index (χ4v) is 3.25. The minimum atomic E-state index is -0.508. The molecule has 0 aromatic heterocycles. The molecule has 0 spiro atoms. The molecular weight excluding hydrogens is 359 g/mol. The van der Waals surface area contributed by atoms with E-state index in [1.807, 2.05) is 32.0 Å². The van der Waals surface area contributed by atoms with Crippen molar-refractivity contribution in [2.45, 2.75) is 32.7 Å². The molecule has 1 fully saturated rings. The molecule has 28 heavy (non-hydrogen) atoms. The van der Waals surface area contributed by atoms with Crippen molar-refractivity contribution in [3.05, 3.63) is 65.0 Å². The number of nitrogens with one attached hydrogen (secondary N) is 1. The monoisotopic (exact) mass is 384 g/mol. The van der Waals surface area contributed by atoms with Crippen LogP contribution in [0.2, 0.25) is 0 Å². The molecule has 5 nitrogen and oxygen atoms in total. The lowest BCUT2D eigenvalue weighted by Crippen LogP contribution is -2.47. The van der Waals surface area contributed by atoms with E-state index in [2.05, 4.69) is 5.32 Å². The number of amides is 2. The third-order valence-corrected chi connectivity index (χ3v) is 5.10. The van der Waals surface area contributed by atoms with Gasteiger partial charge in [0.25, 0.3) is 11.8 Å². The van der Waals surface area contributed by atoms with Crippen molar-refractivity contribution in [2.24, 2.45) is 0 Å². The third kappa shape index (κ3) is 4.88. The van der Waals surface area contributed by atoms with Gasteiger partial charge in [-0.25, -0.2) is 4.39 Å². The second-order valence-corrected chi connectivity index (χ2v) is 7.15. The quantitative estimate of drug-likeness (QED) is 0.861. The SMILES string of the molecule is Cc1ccc(OCC(=O)NC2CCN(C(=O)c3ccccc3F)CC2)cc1C. The Morgan fingerprint density at radius 2 is 1.82 bits per heavy atom. The van der Waals surface area contributed by atoms with Crippen LogP contribution in [0.15, 0.2) is 42.5 Å². The first kappa shape index (κ1) is 19.9. The van der Waals surface area contributed by atoms with Gasteiger partial charge in [0.15, 0.2) is 6.61 Å². The van der Waals surface area contributed by atoms with Crippen LogP contribution in [-0.4, -0.2) is 42.5 Å². The van der Waals surface area contributed by atoms with Crippen molar-refractivity contribution in [3.8, 4) is 5.75 Å². The van der Waals surface area contributed by atoms with E-state index in [9.17, 15) is 14.0 Å². The molecule has 1 N–H and O–H groups in total. The average molecular weight is 384 g/mol. The molecule has 2 aromatic rings. The number of rotatable bonds is 5. The maximum Gasteiger partial charge on any atom is 0.258 e. The van der Waals surface area contributed by atoms with Crippen molar-refractivity contribution in [2.75, 3.05) is 19.7 Å². The molecular formula is C22H25FN2O3. The molecule has 2 aromatic carbocycles. The standard InChI is InChI=1S/C22H25FN2O3/c1-15-7-8-18(13-16(15)2)28-14-21(26)24-17-9-11-25(12-10-17)22(27)19-5-3-4-6-20(19)23/h3-8,13,17H,9-12,14H2,1-2H3,(H,24,26). The van der Waals surface area contributed by atoms with Gasteiger partial charge in [0.05, 0.1) is 5.56 Å². The third-order valence-electron chi connectivity index (χ3n) is 5.10. The Labute approximate surface area is 164 Å². The topological polar surface area (TPSA) is 58.6 Å². The first-order valence-corrected chi connectivity index (χ1v) is 9.47. The average Bonchev–Trinajstić information content (AvgIpc) is 2.69. The second kappa shape index (κ2) is 8.87. The zero-order valence-electron chi connectivity index (χ0n) is 16.2. The molecule has 0 radical (unpaired) electrons. The van der Waals surface area contributed by atoms with Crippen LogP contribution in [0, 0.1) is 19.7 Å². The molecule has 1 heterocycles. The summed E-state index contributed by atoms with van der Waals surface area (Å²) in [5, 5.41) is 2.95. The van der Waals surface area contributed by atoms with Crippen LogP contribution in [0.4, 0.5) is 4.39 Å². The van der Waals surface area contributed by atoms with Gasteiger partial charge in [-0.2, -0.15) is 0 Å². The van der Waals surface area contributed by atoms with E-state index in [4.69, 9.17) is 4.74 Å². The normalized spacial score (nSPS) is 14.6. The molecule has 3 rings (SSSR count). The number of carbonyl (C=O) groups excluding carboxylic acids is 2. The van der Waals surface area contributed by atoms with Crippen LogP contribution in [0.25, 0.3) is 0 Å². The number of nitrogens with zero attached hydrogens (tertiary/aromatic N) is 1. The summed E-state index contributed by atoms with van der Waals surface area (Å²) in [6.45, 7) is 4.94. The molecule has 0 unspecified atom stereocenters. The predicted octanol–water partition coefficient (Wildman–Crippen LogP) is 3.24. The number of hydrogen-bond acceptors (Lipinski definition) is 3. The van der Waals surface area contributed by atoms with Gasteiger partial charge in [-0.05, 0) is 62.1 Å². The summed E-state index contributed by atoms with van der Waals surface area (Å²) in [6, 6.07) is 11.7. The Bertz CT molecular complexity index is 861. The van der Waals surface area contributed by atoms with Crippen LogP contribution in [0.5, 0.6) is 5.75 Å².